The minimum atomic E-state index is -1.79. The largest absolute Gasteiger partial charge is 0.456 e. The van der Waals surface area contributed by atoms with Crippen LogP contribution in [0.2, 0.25) is 61.5 Å². The second-order valence-corrected chi connectivity index (χ2v) is 37.9. The fourth-order valence-electron chi connectivity index (χ4n) is 8.42. The van der Waals surface area contributed by atoms with E-state index in [-0.39, 0.29) is 5.78 Å². The van der Waals surface area contributed by atoms with E-state index in [4.69, 9.17) is 8.23 Å². The molecule has 0 spiro atoms. The number of hydrogen-bond donors (Lipinski definition) is 0. The molecule has 268 valence electrons. The number of ketones is 1. The Hall–Kier alpha value is 0.458. The van der Waals surface area contributed by atoms with Crippen LogP contribution in [0.15, 0.2) is 0 Å². The third-order valence-corrected chi connectivity index (χ3v) is 34.6. The number of carbonyl (C=O) groups excluding carboxylic acids is 1. The first-order valence-electron chi connectivity index (χ1n) is 18.5. The molecule has 0 saturated carbocycles. The summed E-state index contributed by atoms with van der Waals surface area (Å²) in [5.41, 5.74) is 7.06. The van der Waals surface area contributed by atoms with Gasteiger partial charge < -0.3 is 13.0 Å². The van der Waals surface area contributed by atoms with Crippen LogP contribution in [-0.4, -0.2) is 39.8 Å². The molecule has 0 N–H and O–H groups in total. The van der Waals surface area contributed by atoms with Gasteiger partial charge in [-0.2, -0.15) is 0 Å². The molecule has 0 fully saturated rings. The average Bonchev–Trinajstić information content (AvgIpc) is 2.79. The van der Waals surface area contributed by atoms with Gasteiger partial charge in [-0.1, -0.05) is 152 Å². The van der Waals surface area contributed by atoms with Crippen molar-refractivity contribution in [1.82, 2.24) is 0 Å². The molecule has 0 bridgehead atoms. The summed E-state index contributed by atoms with van der Waals surface area (Å²) in [5, 5.41) is 0. The summed E-state index contributed by atoms with van der Waals surface area (Å²) >= 11 is 0. The zero-order valence-corrected chi connectivity index (χ0v) is 39.0. The fourth-order valence-corrected chi connectivity index (χ4v) is 36.5. The van der Waals surface area contributed by atoms with Gasteiger partial charge >= 0.3 is 0 Å². The van der Waals surface area contributed by atoms with Gasteiger partial charge in [0, 0.05) is 0 Å². The summed E-state index contributed by atoms with van der Waals surface area (Å²) in [4.78, 5) is 9.44. The quantitative estimate of drug-likeness (QED) is 0.151. The highest BCUT2D eigenvalue weighted by Crippen LogP contribution is 2.50. The smallest absolute Gasteiger partial charge is 0.187 e. The molecule has 0 atom stereocenters. The predicted octanol–water partition coefficient (Wildman–Crippen LogP) is 13.9. The van der Waals surface area contributed by atoms with Crippen molar-refractivity contribution in [2.45, 2.75) is 228 Å². The Morgan fingerprint density at radius 1 is 0.477 bits per heavy atom. The molecule has 0 aliphatic carbocycles. The number of rotatable bonds is 16. The van der Waals surface area contributed by atoms with E-state index in [2.05, 4.69) is 152 Å². The molecule has 0 aromatic rings. The van der Waals surface area contributed by atoms with Crippen molar-refractivity contribution in [2.24, 2.45) is 5.92 Å². The van der Waals surface area contributed by atoms with Crippen molar-refractivity contribution in [3.63, 3.8) is 0 Å². The summed E-state index contributed by atoms with van der Waals surface area (Å²) in [6, 6.07) is 1.31. The molecule has 0 aliphatic heterocycles. The first-order chi connectivity index (χ1) is 19.6. The standard InChI is InChI=1S/C19H44OSi2.C15H36OSi2.C3H6O/c1-14(2)13-21(15(3)4,16(5)6)20-22(17(7)8,18(9)10)19(11)12;1-11(2)17(12(3)4)16-18(13(5)6,14(7)8)15(9)10;1-3(2)4/h14-19H,13H2,1-12H3;11-15,17H,1-10H3;1-2H3. The molecule has 0 unspecified atom stereocenters. The zero-order valence-electron chi connectivity index (χ0n) is 34.9. The second-order valence-electron chi connectivity index (χ2n) is 17.6. The van der Waals surface area contributed by atoms with E-state index in [1.807, 2.05) is 0 Å². The third kappa shape index (κ3) is 13.9. The van der Waals surface area contributed by atoms with E-state index >= 15 is 0 Å². The molecule has 0 aliphatic rings. The van der Waals surface area contributed by atoms with Crippen LogP contribution >= 0.6 is 0 Å². The van der Waals surface area contributed by atoms with E-state index in [0.717, 1.165) is 17.0 Å². The minimum Gasteiger partial charge on any atom is -0.456 e. The number of Topliss-reactive ketones (excluding diaryl/α,β-unsaturated/α-hetero) is 1. The highest BCUT2D eigenvalue weighted by molar-refractivity contribution is 6.90. The van der Waals surface area contributed by atoms with Crippen LogP contribution in [0, 0.1) is 5.92 Å². The molecular formula is C37H86O3Si4. The predicted molar refractivity (Wildman–Crippen MR) is 214 cm³/mol. The van der Waals surface area contributed by atoms with E-state index < -0.39 is 34.0 Å². The Labute approximate surface area is 285 Å². The Morgan fingerprint density at radius 2 is 0.727 bits per heavy atom. The summed E-state index contributed by atoms with van der Waals surface area (Å²) in [6.45, 7) is 55.8. The Kier molecular flexibility index (Phi) is 23.8. The van der Waals surface area contributed by atoms with Crippen molar-refractivity contribution < 1.29 is 13.0 Å². The molecule has 0 aromatic heterocycles. The van der Waals surface area contributed by atoms with Crippen LogP contribution in [0.3, 0.4) is 0 Å². The van der Waals surface area contributed by atoms with Crippen LogP contribution in [-0.2, 0) is 13.0 Å². The second kappa shape index (κ2) is 21.4. The fraction of sp³-hybridized carbons (Fsp3) is 0.973. The maximum atomic E-state index is 9.44. The van der Waals surface area contributed by atoms with Gasteiger partial charge in [0.15, 0.2) is 34.0 Å². The molecule has 44 heavy (non-hydrogen) atoms. The molecule has 3 nitrogen and oxygen atoms in total. The van der Waals surface area contributed by atoms with Crippen LogP contribution < -0.4 is 0 Å². The SMILES string of the molecule is CC(C)=O.CC(C)C[Si](O[Si](C(C)C)(C(C)C)C(C)C)(C(C)C)C(C)C.CC(C)[SiH](O[Si](C(C)C)(C(C)C)C(C)C)C(C)C. The lowest BCUT2D eigenvalue weighted by atomic mass is 10.3. The van der Waals surface area contributed by atoms with Crippen molar-refractivity contribution in [3.8, 4) is 0 Å². The summed E-state index contributed by atoms with van der Waals surface area (Å²) in [7, 11) is -6.34. The van der Waals surface area contributed by atoms with E-state index in [0.29, 0.717) is 44.3 Å². The van der Waals surface area contributed by atoms with Crippen LogP contribution in [0.1, 0.15) is 166 Å². The van der Waals surface area contributed by atoms with Crippen molar-refractivity contribution in [2.75, 3.05) is 0 Å². The maximum absolute atomic E-state index is 9.44. The van der Waals surface area contributed by atoms with Gasteiger partial charge in [0.1, 0.15) is 5.78 Å². The van der Waals surface area contributed by atoms with Crippen molar-refractivity contribution in [1.29, 1.82) is 0 Å². The van der Waals surface area contributed by atoms with Gasteiger partial charge in [0.2, 0.25) is 0 Å². The van der Waals surface area contributed by atoms with Crippen LogP contribution in [0.4, 0.5) is 0 Å². The lowest BCUT2D eigenvalue weighted by molar-refractivity contribution is -0.115. The molecular weight excluding hydrogens is 605 g/mol. The molecule has 0 aromatic carbocycles. The Morgan fingerprint density at radius 3 is 0.886 bits per heavy atom. The van der Waals surface area contributed by atoms with E-state index in [1.165, 1.54) is 19.9 Å². The monoisotopic (exact) mass is 691 g/mol. The number of hydrogen-bond acceptors (Lipinski definition) is 3. The lowest BCUT2D eigenvalue weighted by Gasteiger charge is -2.52. The minimum absolute atomic E-state index is 0.167. The normalized spacial score (nSPS) is 13.5. The molecule has 0 radical (unpaired) electrons. The first-order valence-corrected chi connectivity index (χ1v) is 26.8. The third-order valence-electron chi connectivity index (χ3n) is 10.1. The summed E-state index contributed by atoms with van der Waals surface area (Å²) < 4.78 is 14.5. The highest BCUT2D eigenvalue weighted by Gasteiger charge is 2.53. The summed E-state index contributed by atoms with van der Waals surface area (Å²) in [6.07, 6.45) is 0. The van der Waals surface area contributed by atoms with Crippen molar-refractivity contribution >= 4 is 39.8 Å². The van der Waals surface area contributed by atoms with Crippen LogP contribution in [0.25, 0.3) is 0 Å². The molecule has 0 rings (SSSR count). The van der Waals surface area contributed by atoms with Gasteiger partial charge in [-0.15, -0.1) is 0 Å². The summed E-state index contributed by atoms with van der Waals surface area (Å²) in [5.74, 6) is 0.898. The number of carbonyl (C=O) groups is 1. The van der Waals surface area contributed by atoms with Gasteiger partial charge in [-0.25, -0.2) is 0 Å². The van der Waals surface area contributed by atoms with Gasteiger partial charge in [0.05, 0.1) is 0 Å². The molecule has 7 heteroatoms. The Balaban J connectivity index is -0.000000690. The molecule has 0 amide bonds. The van der Waals surface area contributed by atoms with Gasteiger partial charge in [-0.05, 0) is 81.2 Å². The first kappa shape index (κ1) is 48.9. The maximum Gasteiger partial charge on any atom is 0.187 e. The Bertz CT molecular complexity index is 692. The highest BCUT2D eigenvalue weighted by atomic mass is 28.4. The van der Waals surface area contributed by atoms with E-state index in [9.17, 15) is 4.79 Å². The molecule has 0 heterocycles. The van der Waals surface area contributed by atoms with Gasteiger partial charge in [-0.3, -0.25) is 0 Å². The van der Waals surface area contributed by atoms with Gasteiger partial charge in [0.25, 0.3) is 0 Å². The van der Waals surface area contributed by atoms with E-state index in [1.54, 1.807) is 0 Å². The topological polar surface area (TPSA) is 35.5 Å². The van der Waals surface area contributed by atoms with Crippen molar-refractivity contribution in [3.05, 3.63) is 0 Å². The lowest BCUT2D eigenvalue weighted by Crippen LogP contribution is -2.59. The average molecular weight is 691 g/mol. The molecule has 0 saturated heterocycles. The zero-order chi connectivity index (χ0) is 36.1. The van der Waals surface area contributed by atoms with Crippen LogP contribution in [0.5, 0.6) is 0 Å².